The average Bonchev–Trinajstić information content (AvgIpc) is 2.84. The maximum atomic E-state index is 12.1. The number of hydrogen-bond donors (Lipinski definition) is 1. The van der Waals surface area contributed by atoms with Gasteiger partial charge in [-0.1, -0.05) is 19.3 Å². The number of nitrogens with zero attached hydrogens (tertiary/aromatic N) is 1. The van der Waals surface area contributed by atoms with Gasteiger partial charge >= 0.3 is 5.97 Å². The number of hydrogen-bond acceptors (Lipinski definition) is 3. The van der Waals surface area contributed by atoms with Gasteiger partial charge in [-0.15, -0.1) is 0 Å². The van der Waals surface area contributed by atoms with Crippen molar-refractivity contribution in [1.82, 2.24) is 4.57 Å². The number of aromatic carboxylic acids is 1. The summed E-state index contributed by atoms with van der Waals surface area (Å²) in [5, 5.41) is 9.01. The zero-order valence-electron chi connectivity index (χ0n) is 12.1. The second-order valence-electron chi connectivity index (χ2n) is 6.21. The van der Waals surface area contributed by atoms with Crippen molar-refractivity contribution in [2.75, 3.05) is 0 Å². The van der Waals surface area contributed by atoms with Crippen LogP contribution in [-0.4, -0.2) is 27.3 Å². The van der Waals surface area contributed by atoms with Gasteiger partial charge in [-0.25, -0.2) is 4.79 Å². The van der Waals surface area contributed by atoms with Crippen molar-refractivity contribution < 1.29 is 14.6 Å². The van der Waals surface area contributed by atoms with Crippen LogP contribution < -0.4 is 5.56 Å². The van der Waals surface area contributed by atoms with Gasteiger partial charge in [0, 0.05) is 6.20 Å². The van der Waals surface area contributed by atoms with Crippen LogP contribution in [0.25, 0.3) is 0 Å². The second kappa shape index (κ2) is 5.64. The Balaban J connectivity index is 1.72. The van der Waals surface area contributed by atoms with Gasteiger partial charge in [0.15, 0.2) is 0 Å². The summed E-state index contributed by atoms with van der Waals surface area (Å²) in [7, 11) is 0. The van der Waals surface area contributed by atoms with E-state index in [0.717, 1.165) is 25.7 Å². The molecule has 5 nitrogen and oxygen atoms in total. The third-order valence-electron chi connectivity index (χ3n) is 4.75. The SMILES string of the molecule is O=C(O)c1cccn(CC2CCC3(CCCCC3)O2)c1=O. The molecule has 114 valence electrons. The van der Waals surface area contributed by atoms with Crippen molar-refractivity contribution in [2.24, 2.45) is 0 Å². The Morgan fingerprint density at radius 1 is 1.33 bits per heavy atom. The molecule has 1 aliphatic carbocycles. The Morgan fingerprint density at radius 3 is 2.81 bits per heavy atom. The average molecular weight is 291 g/mol. The molecule has 2 heterocycles. The molecule has 2 aliphatic rings. The van der Waals surface area contributed by atoms with E-state index in [1.165, 1.54) is 29.9 Å². The third kappa shape index (κ3) is 2.88. The first-order valence-electron chi connectivity index (χ1n) is 7.70. The van der Waals surface area contributed by atoms with Crippen molar-refractivity contribution in [3.8, 4) is 0 Å². The summed E-state index contributed by atoms with van der Waals surface area (Å²) in [5.74, 6) is -1.18. The van der Waals surface area contributed by atoms with Crippen molar-refractivity contribution >= 4 is 5.97 Å². The molecule has 1 aliphatic heterocycles. The molecule has 21 heavy (non-hydrogen) atoms. The van der Waals surface area contributed by atoms with Gasteiger partial charge in [-0.05, 0) is 37.8 Å². The Morgan fingerprint density at radius 2 is 2.10 bits per heavy atom. The monoisotopic (exact) mass is 291 g/mol. The molecular formula is C16H21NO4. The molecule has 1 N–H and O–H groups in total. The van der Waals surface area contributed by atoms with E-state index in [9.17, 15) is 9.59 Å². The number of carboxylic acid groups (broad SMARTS) is 1. The van der Waals surface area contributed by atoms with Crippen molar-refractivity contribution in [2.45, 2.75) is 63.2 Å². The summed E-state index contributed by atoms with van der Waals surface area (Å²) in [4.78, 5) is 23.1. The summed E-state index contributed by atoms with van der Waals surface area (Å²) in [6, 6.07) is 2.95. The molecule has 0 aromatic carbocycles. The lowest BCUT2D eigenvalue weighted by molar-refractivity contribution is -0.0682. The minimum absolute atomic E-state index is 0.0184. The van der Waals surface area contributed by atoms with Crippen LogP contribution in [0.15, 0.2) is 23.1 Å². The van der Waals surface area contributed by atoms with Crippen LogP contribution >= 0.6 is 0 Å². The Bertz CT molecular complexity index is 586. The molecule has 0 radical (unpaired) electrons. The largest absolute Gasteiger partial charge is 0.477 e. The molecule has 2 fully saturated rings. The van der Waals surface area contributed by atoms with Crippen molar-refractivity contribution in [1.29, 1.82) is 0 Å². The first-order chi connectivity index (χ1) is 10.1. The molecule has 1 spiro atoms. The van der Waals surface area contributed by atoms with E-state index in [1.807, 2.05) is 0 Å². The predicted molar refractivity (Wildman–Crippen MR) is 77.6 cm³/mol. The Hall–Kier alpha value is -1.62. The van der Waals surface area contributed by atoms with Gasteiger partial charge in [-0.3, -0.25) is 4.79 Å². The highest BCUT2D eigenvalue weighted by Gasteiger charge is 2.40. The molecule has 1 aromatic heterocycles. The van der Waals surface area contributed by atoms with Gasteiger partial charge in [0.1, 0.15) is 5.56 Å². The van der Waals surface area contributed by atoms with Gasteiger partial charge in [0.05, 0.1) is 18.2 Å². The number of carbonyl (C=O) groups is 1. The van der Waals surface area contributed by atoms with Crippen LogP contribution in [0.2, 0.25) is 0 Å². The van der Waals surface area contributed by atoms with E-state index >= 15 is 0 Å². The lowest BCUT2D eigenvalue weighted by Crippen LogP contribution is -2.34. The highest BCUT2D eigenvalue weighted by molar-refractivity contribution is 5.86. The van der Waals surface area contributed by atoms with Crippen LogP contribution in [-0.2, 0) is 11.3 Å². The Kier molecular flexibility index (Phi) is 3.85. The second-order valence-corrected chi connectivity index (χ2v) is 6.21. The maximum Gasteiger partial charge on any atom is 0.341 e. The van der Waals surface area contributed by atoms with E-state index in [-0.39, 0.29) is 17.3 Å². The normalized spacial score (nSPS) is 24.3. The molecule has 1 atom stereocenters. The summed E-state index contributed by atoms with van der Waals surface area (Å²) in [6.07, 6.45) is 9.64. The van der Waals surface area contributed by atoms with Gasteiger partial charge < -0.3 is 14.4 Å². The molecule has 3 rings (SSSR count). The summed E-state index contributed by atoms with van der Waals surface area (Å²) < 4.78 is 7.71. The topological polar surface area (TPSA) is 68.5 Å². The van der Waals surface area contributed by atoms with Crippen LogP contribution in [0, 0.1) is 0 Å². The van der Waals surface area contributed by atoms with E-state index in [4.69, 9.17) is 9.84 Å². The predicted octanol–water partition coefficient (Wildman–Crippen LogP) is 2.43. The molecule has 1 saturated carbocycles. The number of pyridine rings is 1. The van der Waals surface area contributed by atoms with Crippen molar-refractivity contribution in [3.63, 3.8) is 0 Å². The molecular weight excluding hydrogens is 270 g/mol. The first kappa shape index (κ1) is 14.3. The lowest BCUT2D eigenvalue weighted by Gasteiger charge is -2.33. The maximum absolute atomic E-state index is 12.1. The molecule has 1 aromatic rings. The number of ether oxygens (including phenoxy) is 1. The van der Waals surface area contributed by atoms with Crippen LogP contribution in [0.5, 0.6) is 0 Å². The molecule has 0 bridgehead atoms. The lowest BCUT2D eigenvalue weighted by atomic mass is 9.83. The number of rotatable bonds is 3. The van der Waals surface area contributed by atoms with Crippen molar-refractivity contribution in [3.05, 3.63) is 34.2 Å². The standard InChI is InChI=1S/C16H21NO4/c18-14-13(15(19)20)5-4-10-17(14)11-12-6-9-16(21-12)7-2-1-3-8-16/h4-5,10,12H,1-3,6-9,11H2,(H,19,20). The zero-order chi connectivity index (χ0) is 14.9. The fourth-order valence-corrected chi connectivity index (χ4v) is 3.65. The number of carboxylic acids is 1. The number of aromatic nitrogens is 1. The van der Waals surface area contributed by atoms with E-state index in [2.05, 4.69) is 0 Å². The van der Waals surface area contributed by atoms with Crippen LogP contribution in [0.3, 0.4) is 0 Å². The fraction of sp³-hybridized carbons (Fsp3) is 0.625. The molecule has 1 unspecified atom stereocenters. The smallest absolute Gasteiger partial charge is 0.341 e. The summed E-state index contributed by atoms with van der Waals surface area (Å²) in [5.41, 5.74) is -0.599. The van der Waals surface area contributed by atoms with Crippen LogP contribution in [0.4, 0.5) is 0 Å². The Labute approximate surface area is 123 Å². The van der Waals surface area contributed by atoms with Gasteiger partial charge in [0.25, 0.3) is 5.56 Å². The highest BCUT2D eigenvalue weighted by atomic mass is 16.5. The first-order valence-corrected chi connectivity index (χ1v) is 7.70. The summed E-state index contributed by atoms with van der Waals surface area (Å²) in [6.45, 7) is 0.446. The highest BCUT2D eigenvalue weighted by Crippen LogP contribution is 2.42. The van der Waals surface area contributed by atoms with E-state index in [0.29, 0.717) is 6.54 Å². The third-order valence-corrected chi connectivity index (χ3v) is 4.75. The minimum Gasteiger partial charge on any atom is -0.477 e. The van der Waals surface area contributed by atoms with E-state index in [1.54, 1.807) is 12.3 Å². The van der Waals surface area contributed by atoms with Gasteiger partial charge in [0.2, 0.25) is 0 Å². The van der Waals surface area contributed by atoms with E-state index < -0.39 is 11.5 Å². The molecule has 5 heteroatoms. The van der Waals surface area contributed by atoms with Crippen LogP contribution in [0.1, 0.15) is 55.3 Å². The molecule has 0 amide bonds. The van der Waals surface area contributed by atoms with Gasteiger partial charge in [-0.2, -0.15) is 0 Å². The zero-order valence-corrected chi connectivity index (χ0v) is 12.1. The quantitative estimate of drug-likeness (QED) is 0.928. The molecule has 1 saturated heterocycles. The minimum atomic E-state index is -1.18. The summed E-state index contributed by atoms with van der Waals surface area (Å²) >= 11 is 0. The fourth-order valence-electron chi connectivity index (χ4n) is 3.65.